The van der Waals surface area contributed by atoms with Crippen LogP contribution in [0.25, 0.3) is 11.5 Å². The van der Waals surface area contributed by atoms with E-state index in [4.69, 9.17) is 9.26 Å². The third-order valence-corrected chi connectivity index (χ3v) is 5.37. The molecule has 0 spiro atoms. The summed E-state index contributed by atoms with van der Waals surface area (Å²) in [4.78, 5) is 19.1. The van der Waals surface area contributed by atoms with Crippen molar-refractivity contribution in [2.45, 2.75) is 38.5 Å². The standard InChI is InChI=1S/C21H25N5O3/c1-13(2)16-12-17(24-23-16)21(27)26-10-8-14(9-11-26)19-22-20(29-25-19)15-6-4-5-7-18(15)28-3/h4-7,12-14H,8-11H2,1-3H3,(H,23,24). The highest BCUT2D eigenvalue weighted by atomic mass is 16.5. The van der Waals surface area contributed by atoms with Crippen molar-refractivity contribution in [3.05, 3.63) is 47.5 Å². The Bertz CT molecular complexity index is 986. The molecule has 0 radical (unpaired) electrons. The molecule has 1 aliphatic heterocycles. The Balaban J connectivity index is 1.41. The van der Waals surface area contributed by atoms with Crippen LogP contribution in [0, 0.1) is 0 Å². The van der Waals surface area contributed by atoms with E-state index in [0.717, 1.165) is 24.1 Å². The molecule has 29 heavy (non-hydrogen) atoms. The number of nitrogens with one attached hydrogen (secondary N) is 1. The van der Waals surface area contributed by atoms with Gasteiger partial charge in [-0.05, 0) is 37.0 Å². The fourth-order valence-electron chi connectivity index (χ4n) is 3.58. The van der Waals surface area contributed by atoms with Gasteiger partial charge in [-0.3, -0.25) is 9.89 Å². The quantitative estimate of drug-likeness (QED) is 0.709. The molecule has 0 saturated carbocycles. The number of rotatable bonds is 5. The Labute approximate surface area is 169 Å². The number of para-hydroxylation sites is 1. The van der Waals surface area contributed by atoms with Crippen LogP contribution in [0.3, 0.4) is 0 Å². The van der Waals surface area contributed by atoms with Gasteiger partial charge >= 0.3 is 0 Å². The molecule has 0 unspecified atom stereocenters. The number of H-pyrrole nitrogens is 1. The van der Waals surface area contributed by atoms with Gasteiger partial charge in [-0.2, -0.15) is 10.1 Å². The second-order valence-corrected chi connectivity index (χ2v) is 7.59. The van der Waals surface area contributed by atoms with Crippen LogP contribution in [0.5, 0.6) is 5.75 Å². The minimum Gasteiger partial charge on any atom is -0.496 e. The highest BCUT2D eigenvalue weighted by molar-refractivity contribution is 5.92. The first-order valence-electron chi connectivity index (χ1n) is 9.88. The Morgan fingerprint density at radius 1 is 1.28 bits per heavy atom. The normalized spacial score (nSPS) is 15.1. The number of likely N-dealkylation sites (tertiary alicyclic amines) is 1. The number of carbonyl (C=O) groups is 1. The van der Waals surface area contributed by atoms with Crippen molar-refractivity contribution in [1.82, 2.24) is 25.2 Å². The molecule has 0 aliphatic carbocycles. The molecule has 8 nitrogen and oxygen atoms in total. The maximum Gasteiger partial charge on any atom is 0.274 e. The monoisotopic (exact) mass is 395 g/mol. The summed E-state index contributed by atoms with van der Waals surface area (Å²) in [7, 11) is 1.62. The molecule has 2 aromatic heterocycles. The summed E-state index contributed by atoms with van der Waals surface area (Å²) >= 11 is 0. The smallest absolute Gasteiger partial charge is 0.274 e. The SMILES string of the molecule is COc1ccccc1-c1nc(C2CCN(C(=O)c3cc(C(C)C)[nH]n3)CC2)no1. The lowest BCUT2D eigenvalue weighted by atomic mass is 9.96. The molecule has 1 amide bonds. The van der Waals surface area contributed by atoms with E-state index in [1.807, 2.05) is 35.2 Å². The zero-order valence-electron chi connectivity index (χ0n) is 16.9. The average molecular weight is 395 g/mol. The lowest BCUT2D eigenvalue weighted by Gasteiger charge is -2.30. The summed E-state index contributed by atoms with van der Waals surface area (Å²) in [5.41, 5.74) is 2.23. The van der Waals surface area contributed by atoms with Crippen LogP contribution in [-0.4, -0.2) is 51.3 Å². The van der Waals surface area contributed by atoms with E-state index >= 15 is 0 Å². The number of nitrogens with zero attached hydrogens (tertiary/aromatic N) is 4. The van der Waals surface area contributed by atoms with Crippen molar-refractivity contribution in [3.8, 4) is 17.2 Å². The van der Waals surface area contributed by atoms with Crippen LogP contribution < -0.4 is 4.74 Å². The first-order chi connectivity index (χ1) is 14.1. The third kappa shape index (κ3) is 3.87. The molecule has 1 aliphatic rings. The molecule has 1 N–H and O–H groups in total. The highest BCUT2D eigenvalue weighted by Gasteiger charge is 2.29. The van der Waals surface area contributed by atoms with Crippen LogP contribution in [0.1, 0.15) is 60.5 Å². The fourth-order valence-corrected chi connectivity index (χ4v) is 3.58. The van der Waals surface area contributed by atoms with E-state index in [1.54, 1.807) is 7.11 Å². The van der Waals surface area contributed by atoms with Gasteiger partial charge in [-0.1, -0.05) is 31.1 Å². The van der Waals surface area contributed by atoms with Crippen LogP contribution in [0.4, 0.5) is 0 Å². The summed E-state index contributed by atoms with van der Waals surface area (Å²) in [6.07, 6.45) is 1.58. The molecular weight excluding hydrogens is 370 g/mol. The Morgan fingerprint density at radius 3 is 2.72 bits per heavy atom. The van der Waals surface area contributed by atoms with E-state index < -0.39 is 0 Å². The van der Waals surface area contributed by atoms with Crippen molar-refractivity contribution in [2.75, 3.05) is 20.2 Å². The molecule has 0 bridgehead atoms. The number of hydrogen-bond donors (Lipinski definition) is 1. The van der Waals surface area contributed by atoms with Gasteiger partial charge < -0.3 is 14.2 Å². The average Bonchev–Trinajstić information content (AvgIpc) is 3.43. The van der Waals surface area contributed by atoms with Crippen molar-refractivity contribution < 1.29 is 14.1 Å². The number of aromatic amines is 1. The van der Waals surface area contributed by atoms with Gasteiger partial charge in [-0.25, -0.2) is 0 Å². The van der Waals surface area contributed by atoms with Gasteiger partial charge in [-0.15, -0.1) is 0 Å². The second-order valence-electron chi connectivity index (χ2n) is 7.59. The van der Waals surface area contributed by atoms with Crippen molar-refractivity contribution in [1.29, 1.82) is 0 Å². The number of methoxy groups -OCH3 is 1. The molecule has 1 aromatic carbocycles. The largest absolute Gasteiger partial charge is 0.496 e. The lowest BCUT2D eigenvalue weighted by Crippen LogP contribution is -2.38. The van der Waals surface area contributed by atoms with Crippen LogP contribution >= 0.6 is 0 Å². The number of aromatic nitrogens is 4. The zero-order valence-corrected chi connectivity index (χ0v) is 16.9. The van der Waals surface area contributed by atoms with Crippen LogP contribution in [0.2, 0.25) is 0 Å². The predicted octanol–water partition coefficient (Wildman–Crippen LogP) is 3.61. The van der Waals surface area contributed by atoms with Gasteiger partial charge in [0.05, 0.1) is 12.7 Å². The second kappa shape index (κ2) is 8.06. The number of carbonyl (C=O) groups excluding carboxylic acids is 1. The van der Waals surface area contributed by atoms with Gasteiger partial charge in [0.15, 0.2) is 5.82 Å². The Hall–Kier alpha value is -3.16. The van der Waals surface area contributed by atoms with E-state index in [9.17, 15) is 4.79 Å². The molecule has 3 aromatic rings. The van der Waals surface area contributed by atoms with E-state index in [-0.39, 0.29) is 11.8 Å². The van der Waals surface area contributed by atoms with Gasteiger partial charge in [0.25, 0.3) is 11.8 Å². The number of piperidine rings is 1. The molecule has 1 fully saturated rings. The molecule has 4 rings (SSSR count). The van der Waals surface area contributed by atoms with Gasteiger partial charge in [0.2, 0.25) is 0 Å². The van der Waals surface area contributed by atoms with Crippen molar-refractivity contribution in [2.24, 2.45) is 0 Å². The van der Waals surface area contributed by atoms with Crippen LogP contribution in [0.15, 0.2) is 34.9 Å². The Morgan fingerprint density at radius 2 is 2.03 bits per heavy atom. The molecule has 1 saturated heterocycles. The summed E-state index contributed by atoms with van der Waals surface area (Å²) in [5.74, 6) is 2.27. The lowest BCUT2D eigenvalue weighted by molar-refractivity contribution is 0.0704. The highest BCUT2D eigenvalue weighted by Crippen LogP contribution is 2.32. The van der Waals surface area contributed by atoms with Crippen molar-refractivity contribution in [3.63, 3.8) is 0 Å². The zero-order chi connectivity index (χ0) is 20.4. The van der Waals surface area contributed by atoms with E-state index in [2.05, 4.69) is 34.2 Å². The molecule has 0 atom stereocenters. The summed E-state index contributed by atoms with van der Waals surface area (Å²) in [5, 5.41) is 11.3. The minimum atomic E-state index is -0.0329. The minimum absolute atomic E-state index is 0.0329. The summed E-state index contributed by atoms with van der Waals surface area (Å²) in [6.45, 7) is 5.42. The first kappa shape index (κ1) is 19.2. The maximum atomic E-state index is 12.7. The molecular formula is C21H25N5O3. The fraction of sp³-hybridized carbons (Fsp3) is 0.429. The summed E-state index contributed by atoms with van der Waals surface area (Å²) < 4.78 is 10.9. The molecule has 152 valence electrons. The number of amides is 1. The van der Waals surface area contributed by atoms with Gasteiger partial charge in [0.1, 0.15) is 11.4 Å². The van der Waals surface area contributed by atoms with Crippen molar-refractivity contribution >= 4 is 5.91 Å². The van der Waals surface area contributed by atoms with Gasteiger partial charge in [0, 0.05) is 24.7 Å². The van der Waals surface area contributed by atoms with E-state index in [1.165, 1.54) is 0 Å². The van der Waals surface area contributed by atoms with E-state index in [0.29, 0.717) is 42.2 Å². The maximum absolute atomic E-state index is 12.7. The molecule has 3 heterocycles. The predicted molar refractivity (Wildman–Crippen MR) is 107 cm³/mol. The topological polar surface area (TPSA) is 97.1 Å². The Kier molecular flexibility index (Phi) is 5.33. The third-order valence-electron chi connectivity index (χ3n) is 5.37. The van der Waals surface area contributed by atoms with Crippen LogP contribution in [-0.2, 0) is 0 Å². The summed E-state index contributed by atoms with van der Waals surface area (Å²) in [6, 6.07) is 9.41. The first-order valence-corrected chi connectivity index (χ1v) is 9.88. The number of ether oxygens (including phenoxy) is 1. The number of benzene rings is 1. The number of hydrogen-bond acceptors (Lipinski definition) is 6. The molecule has 8 heteroatoms.